The quantitative estimate of drug-likeness (QED) is 0.405. The molecule has 0 N–H and O–H groups in total. The van der Waals surface area contributed by atoms with Gasteiger partial charge in [0.25, 0.3) is 5.91 Å². The fraction of sp³-hybridized carbons (Fsp3) is 0.531. The second-order valence-corrected chi connectivity index (χ2v) is 12.1. The number of ether oxygens (including phenoxy) is 1. The average molecular weight is 582 g/mol. The Morgan fingerprint density at radius 2 is 1.83 bits per heavy atom. The van der Waals surface area contributed by atoms with Crippen LogP contribution in [0.2, 0.25) is 0 Å². The summed E-state index contributed by atoms with van der Waals surface area (Å²) in [7, 11) is 0. The molecule has 7 nitrogen and oxygen atoms in total. The molecule has 0 spiro atoms. The molecule has 6 rings (SSSR count). The Morgan fingerprint density at radius 1 is 1.07 bits per heavy atom. The Hall–Kier alpha value is -3.08. The summed E-state index contributed by atoms with van der Waals surface area (Å²) < 4.78 is 46.3. The fourth-order valence-electron chi connectivity index (χ4n) is 7.25. The zero-order valence-corrected chi connectivity index (χ0v) is 24.4. The number of amides is 1. The summed E-state index contributed by atoms with van der Waals surface area (Å²) in [5, 5.41) is 0.775. The van der Waals surface area contributed by atoms with E-state index in [2.05, 4.69) is 33.6 Å². The van der Waals surface area contributed by atoms with Crippen molar-refractivity contribution in [3.63, 3.8) is 0 Å². The third-order valence-corrected chi connectivity index (χ3v) is 9.62. The number of piperazine rings is 1. The topological polar surface area (TPSA) is 61.8 Å². The molecular formula is C32H38F3N5O2. The van der Waals surface area contributed by atoms with Crippen LogP contribution in [0, 0.1) is 0 Å². The maximum atomic E-state index is 13.5. The van der Waals surface area contributed by atoms with Gasteiger partial charge >= 0.3 is 6.18 Å². The van der Waals surface area contributed by atoms with Gasteiger partial charge in [-0.05, 0) is 75.1 Å². The molecule has 0 radical (unpaired) electrons. The minimum absolute atomic E-state index is 0.0196. The van der Waals surface area contributed by atoms with Crippen LogP contribution in [0.1, 0.15) is 66.7 Å². The Balaban J connectivity index is 1.13. The van der Waals surface area contributed by atoms with Gasteiger partial charge in [-0.1, -0.05) is 6.07 Å². The van der Waals surface area contributed by atoms with Crippen LogP contribution in [0.5, 0.6) is 0 Å². The normalized spacial score (nSPS) is 25.1. The molecule has 2 unspecified atom stereocenters. The molecule has 42 heavy (non-hydrogen) atoms. The van der Waals surface area contributed by atoms with Gasteiger partial charge in [-0.15, -0.1) is 0 Å². The summed E-state index contributed by atoms with van der Waals surface area (Å²) in [6, 6.07) is 9.83. The van der Waals surface area contributed by atoms with Crippen LogP contribution < -0.4 is 0 Å². The maximum absolute atomic E-state index is 13.5. The molecule has 0 bridgehead atoms. The van der Waals surface area contributed by atoms with Crippen LogP contribution in [-0.2, 0) is 17.3 Å². The van der Waals surface area contributed by atoms with Crippen molar-refractivity contribution < 1.29 is 22.7 Å². The first-order chi connectivity index (χ1) is 20.1. The SMILES string of the molecule is CCOC1Cc2cc(C(F)(F)F)ccc2C1N1CCN(C2(C)CCN(C(=O)c3ccnc4ncccc34)CC2)C[C@@H]1C. The van der Waals surface area contributed by atoms with Crippen molar-refractivity contribution in [2.75, 3.05) is 39.3 Å². The Bertz CT molecular complexity index is 1450. The van der Waals surface area contributed by atoms with Gasteiger partial charge in [0.05, 0.1) is 23.3 Å². The molecule has 3 atom stereocenters. The lowest BCUT2D eigenvalue weighted by molar-refractivity contribution is -0.137. The summed E-state index contributed by atoms with van der Waals surface area (Å²) >= 11 is 0. The first-order valence-corrected chi connectivity index (χ1v) is 14.9. The van der Waals surface area contributed by atoms with Crippen LogP contribution in [0.4, 0.5) is 13.2 Å². The third-order valence-electron chi connectivity index (χ3n) is 9.62. The van der Waals surface area contributed by atoms with Crippen molar-refractivity contribution >= 4 is 16.9 Å². The number of piperidine rings is 1. The number of likely N-dealkylation sites (tertiary alicyclic amines) is 1. The number of hydrogen-bond donors (Lipinski definition) is 0. The average Bonchev–Trinajstić information content (AvgIpc) is 3.33. The van der Waals surface area contributed by atoms with Gasteiger partial charge in [-0.2, -0.15) is 13.2 Å². The first-order valence-electron chi connectivity index (χ1n) is 14.9. The van der Waals surface area contributed by atoms with Crippen LogP contribution in [0.3, 0.4) is 0 Å². The molecule has 3 aliphatic rings. The van der Waals surface area contributed by atoms with Gasteiger partial charge in [0, 0.05) is 75.1 Å². The monoisotopic (exact) mass is 581 g/mol. The van der Waals surface area contributed by atoms with Gasteiger partial charge < -0.3 is 9.64 Å². The van der Waals surface area contributed by atoms with E-state index >= 15 is 0 Å². The number of halogens is 3. The van der Waals surface area contributed by atoms with E-state index in [1.807, 2.05) is 24.0 Å². The smallest absolute Gasteiger partial charge is 0.376 e. The highest BCUT2D eigenvalue weighted by Gasteiger charge is 2.45. The van der Waals surface area contributed by atoms with Crippen LogP contribution >= 0.6 is 0 Å². The number of alkyl halides is 3. The van der Waals surface area contributed by atoms with Gasteiger partial charge in [-0.3, -0.25) is 14.6 Å². The Morgan fingerprint density at radius 3 is 2.55 bits per heavy atom. The molecule has 224 valence electrons. The van der Waals surface area contributed by atoms with Gasteiger partial charge in [-0.25, -0.2) is 9.97 Å². The lowest BCUT2D eigenvalue weighted by Gasteiger charge is -2.53. The van der Waals surface area contributed by atoms with Crippen molar-refractivity contribution in [1.29, 1.82) is 0 Å². The number of benzene rings is 1. The summed E-state index contributed by atoms with van der Waals surface area (Å²) in [4.78, 5) is 29.0. The lowest BCUT2D eigenvalue weighted by Crippen LogP contribution is -2.62. The van der Waals surface area contributed by atoms with E-state index in [-0.39, 0.29) is 29.6 Å². The molecule has 1 aliphatic carbocycles. The number of hydrogen-bond acceptors (Lipinski definition) is 6. The standard InChI is InChI=1S/C32H38F3N5O2/c1-4-42-27-19-22-18-23(32(33,34)35)7-8-24(22)28(27)40-17-16-39(20-21(40)2)31(3)10-14-38(15-11-31)30(41)26-9-13-37-29-25(26)6-5-12-36-29/h5-9,12-13,18,21,27-28H,4,10-11,14-17,19-20H2,1-3H3/t21-,27?,28?/m0/s1. The second-order valence-electron chi connectivity index (χ2n) is 12.1. The summed E-state index contributed by atoms with van der Waals surface area (Å²) in [5.41, 5.74) is 2.29. The van der Waals surface area contributed by atoms with Gasteiger partial charge in [0.2, 0.25) is 0 Å². The van der Waals surface area contributed by atoms with E-state index in [0.717, 1.165) is 49.0 Å². The van der Waals surface area contributed by atoms with Gasteiger partial charge in [0.15, 0.2) is 5.65 Å². The molecular weight excluding hydrogens is 543 g/mol. The minimum atomic E-state index is -4.36. The van der Waals surface area contributed by atoms with E-state index in [4.69, 9.17) is 4.74 Å². The molecule has 4 heterocycles. The Kier molecular flexibility index (Phi) is 7.74. The largest absolute Gasteiger partial charge is 0.416 e. The molecule has 2 fully saturated rings. The Labute approximate surface area is 244 Å². The minimum Gasteiger partial charge on any atom is -0.376 e. The van der Waals surface area contributed by atoms with Crippen LogP contribution in [-0.4, -0.2) is 87.6 Å². The van der Waals surface area contributed by atoms with E-state index in [0.29, 0.717) is 37.3 Å². The molecule has 10 heteroatoms. The predicted molar refractivity (Wildman–Crippen MR) is 154 cm³/mol. The molecule has 2 aliphatic heterocycles. The zero-order valence-electron chi connectivity index (χ0n) is 24.4. The highest BCUT2D eigenvalue weighted by molar-refractivity contribution is 6.05. The number of carbonyl (C=O) groups excluding carboxylic acids is 1. The van der Waals surface area contributed by atoms with Crippen molar-refractivity contribution in [2.24, 2.45) is 0 Å². The summed E-state index contributed by atoms with van der Waals surface area (Å²) in [5.74, 6) is 0.0196. The molecule has 1 amide bonds. The predicted octanol–water partition coefficient (Wildman–Crippen LogP) is 5.35. The number of pyridine rings is 2. The van der Waals surface area contributed by atoms with Crippen molar-refractivity contribution in [1.82, 2.24) is 24.7 Å². The first kappa shape index (κ1) is 29.0. The maximum Gasteiger partial charge on any atom is 0.416 e. The van der Waals surface area contributed by atoms with Crippen LogP contribution in [0.25, 0.3) is 11.0 Å². The molecule has 1 aromatic carbocycles. The number of aromatic nitrogens is 2. The van der Waals surface area contributed by atoms with E-state index in [1.165, 1.54) is 12.1 Å². The fourth-order valence-corrected chi connectivity index (χ4v) is 7.25. The molecule has 2 aromatic heterocycles. The molecule has 0 saturated carbocycles. The van der Waals surface area contributed by atoms with Crippen molar-refractivity contribution in [3.8, 4) is 0 Å². The third kappa shape index (κ3) is 5.29. The zero-order chi connectivity index (χ0) is 29.6. The van der Waals surface area contributed by atoms with Crippen molar-refractivity contribution in [2.45, 2.75) is 69.9 Å². The molecule has 3 aromatic rings. The number of nitrogens with zero attached hydrogens (tertiary/aromatic N) is 5. The molecule has 2 saturated heterocycles. The van der Waals surface area contributed by atoms with E-state index in [1.54, 1.807) is 24.5 Å². The van der Waals surface area contributed by atoms with Gasteiger partial charge in [0.1, 0.15) is 0 Å². The summed E-state index contributed by atoms with van der Waals surface area (Å²) in [6.45, 7) is 10.9. The van der Waals surface area contributed by atoms with Crippen molar-refractivity contribution in [3.05, 3.63) is 71.0 Å². The lowest BCUT2D eigenvalue weighted by atomic mass is 9.86. The highest BCUT2D eigenvalue weighted by Crippen LogP contribution is 2.43. The number of fused-ring (bicyclic) bond motifs is 2. The number of carbonyl (C=O) groups is 1. The number of rotatable bonds is 5. The second kappa shape index (κ2) is 11.2. The van der Waals surface area contributed by atoms with E-state index in [9.17, 15) is 18.0 Å². The highest BCUT2D eigenvalue weighted by atomic mass is 19.4. The van der Waals surface area contributed by atoms with Crippen LogP contribution in [0.15, 0.2) is 48.8 Å². The van der Waals surface area contributed by atoms with E-state index < -0.39 is 11.7 Å². The summed E-state index contributed by atoms with van der Waals surface area (Å²) in [6.07, 6.45) is 1.06.